The Morgan fingerprint density at radius 3 is 2.50 bits per heavy atom. The van der Waals surface area contributed by atoms with Crippen molar-refractivity contribution in [2.45, 2.75) is 11.8 Å². The van der Waals surface area contributed by atoms with E-state index in [-0.39, 0.29) is 9.37 Å². The van der Waals surface area contributed by atoms with Crippen molar-refractivity contribution < 1.29 is 12.8 Å². The molecule has 0 aliphatic carbocycles. The molecule has 0 atom stereocenters. The van der Waals surface area contributed by atoms with Crippen LogP contribution in [0.15, 0.2) is 21.5 Å². The van der Waals surface area contributed by atoms with Gasteiger partial charge in [0, 0.05) is 0 Å². The fourth-order valence-corrected chi connectivity index (χ4v) is 1.94. The predicted octanol–water partition coefficient (Wildman–Crippen LogP) is 1.87. The van der Waals surface area contributed by atoms with Gasteiger partial charge in [-0.25, -0.2) is 12.8 Å². The van der Waals surface area contributed by atoms with Crippen molar-refractivity contribution in [3.8, 4) is 0 Å². The molecule has 0 N–H and O–H groups in total. The molecular weight excluding hydrogens is 247 g/mol. The molecule has 0 aromatic heterocycles. The predicted molar refractivity (Wildman–Crippen MR) is 47.4 cm³/mol. The second kappa shape index (κ2) is 3.53. The lowest BCUT2D eigenvalue weighted by Crippen LogP contribution is -1.89. The van der Waals surface area contributed by atoms with Crippen LogP contribution in [-0.4, -0.2) is 8.42 Å². The van der Waals surface area contributed by atoms with E-state index >= 15 is 0 Å². The van der Waals surface area contributed by atoms with Crippen molar-refractivity contribution in [2.24, 2.45) is 0 Å². The third-order valence-electron chi connectivity index (χ3n) is 1.44. The largest absolute Gasteiger partial charge is 0.227 e. The first-order valence-corrected chi connectivity index (χ1v) is 5.09. The highest BCUT2D eigenvalue weighted by Crippen LogP contribution is 2.20. The summed E-state index contributed by atoms with van der Waals surface area (Å²) in [5.74, 6) is -0.451. The number of aryl methyl sites for hydroxylation is 1. The molecule has 0 unspecified atom stereocenters. The molecule has 1 rings (SSSR count). The Bertz CT molecular complexity index is 379. The van der Waals surface area contributed by atoms with Crippen LogP contribution in [0.2, 0.25) is 0 Å². The van der Waals surface area contributed by atoms with Crippen molar-refractivity contribution in [3.63, 3.8) is 0 Å². The fourth-order valence-electron chi connectivity index (χ4n) is 0.832. The van der Waals surface area contributed by atoms with Gasteiger partial charge in [0.25, 0.3) is 0 Å². The monoisotopic (exact) mass is 252 g/mol. The molecule has 0 saturated heterocycles. The van der Waals surface area contributed by atoms with E-state index in [1.54, 1.807) is 6.92 Å². The van der Waals surface area contributed by atoms with Gasteiger partial charge in [-0.1, -0.05) is 0 Å². The van der Waals surface area contributed by atoms with Crippen LogP contribution in [0.1, 0.15) is 5.56 Å². The molecule has 0 spiro atoms. The van der Waals surface area contributed by atoms with Gasteiger partial charge < -0.3 is 0 Å². The summed E-state index contributed by atoms with van der Waals surface area (Å²) in [4.78, 5) is 0.151. The zero-order chi connectivity index (χ0) is 9.30. The van der Waals surface area contributed by atoms with Crippen molar-refractivity contribution in [1.82, 2.24) is 0 Å². The summed E-state index contributed by atoms with van der Waals surface area (Å²) >= 11 is 2.91. The molecule has 5 heteroatoms. The number of benzene rings is 1. The Kier molecular flexibility index (Phi) is 2.85. The first-order valence-electron chi connectivity index (χ1n) is 3.12. The van der Waals surface area contributed by atoms with E-state index in [1.807, 2.05) is 0 Å². The third-order valence-corrected chi connectivity index (χ3v) is 2.92. The maximum absolute atomic E-state index is 12.8. The third kappa shape index (κ3) is 1.84. The molecule has 0 aliphatic rings. The van der Waals surface area contributed by atoms with E-state index in [1.165, 1.54) is 12.1 Å². The van der Waals surface area contributed by atoms with E-state index in [4.69, 9.17) is 0 Å². The minimum atomic E-state index is -2.64. The van der Waals surface area contributed by atoms with Crippen molar-refractivity contribution in [2.75, 3.05) is 0 Å². The van der Waals surface area contributed by atoms with Crippen LogP contribution in [-0.2, 0) is 10.7 Å². The van der Waals surface area contributed by atoms with Crippen LogP contribution >= 0.6 is 15.9 Å². The van der Waals surface area contributed by atoms with Gasteiger partial charge in [0.05, 0.1) is 9.37 Å². The van der Waals surface area contributed by atoms with Crippen LogP contribution < -0.4 is 0 Å². The molecule has 12 heavy (non-hydrogen) atoms. The molecule has 2 nitrogen and oxygen atoms in total. The van der Waals surface area contributed by atoms with Crippen molar-refractivity contribution >= 4 is 26.6 Å². The number of rotatable bonds is 1. The lowest BCUT2D eigenvalue weighted by atomic mass is 10.2. The highest BCUT2D eigenvalue weighted by Gasteiger charge is 2.06. The average molecular weight is 253 g/mol. The van der Waals surface area contributed by atoms with Crippen LogP contribution in [0.4, 0.5) is 4.39 Å². The van der Waals surface area contributed by atoms with Gasteiger partial charge >= 0.3 is 0 Å². The van der Waals surface area contributed by atoms with Gasteiger partial charge in [0.1, 0.15) is 5.82 Å². The summed E-state index contributed by atoms with van der Waals surface area (Å²) in [5, 5.41) is 0. The molecule has 0 fully saturated rings. The van der Waals surface area contributed by atoms with Crippen molar-refractivity contribution in [1.29, 1.82) is 0 Å². The second-order valence-electron chi connectivity index (χ2n) is 2.31. The topological polar surface area (TPSA) is 34.1 Å². The van der Waals surface area contributed by atoms with E-state index in [0.717, 1.165) is 0 Å². The molecular formula is C7H6BrFO2S. The lowest BCUT2D eigenvalue weighted by Gasteiger charge is -1.99. The molecule has 66 valence electrons. The Morgan fingerprint density at radius 1 is 1.42 bits per heavy atom. The number of hydrogen-bond acceptors (Lipinski definition) is 2. The highest BCUT2D eigenvalue weighted by atomic mass is 79.9. The summed E-state index contributed by atoms with van der Waals surface area (Å²) in [6, 6.07) is 2.45. The molecule has 1 aromatic carbocycles. The molecule has 1 aromatic rings. The minimum absolute atomic E-state index is 0.151. The first-order chi connectivity index (χ1) is 5.52. The van der Waals surface area contributed by atoms with Crippen LogP contribution in [0, 0.1) is 12.7 Å². The van der Waals surface area contributed by atoms with Crippen molar-refractivity contribution in [3.05, 3.63) is 28.0 Å². The lowest BCUT2D eigenvalue weighted by molar-refractivity contribution is 0.608. The average Bonchev–Trinajstić information content (AvgIpc) is 1.96. The standard InChI is InChI=1S/C7H6BrFO2S/c1-4-2-6(9)5(8)3-7(4)12(10)11/h2-3,12H,1H3. The Morgan fingerprint density at radius 2 is 2.00 bits per heavy atom. The maximum Gasteiger partial charge on any atom is 0.168 e. The second-order valence-corrected chi connectivity index (χ2v) is 4.16. The van der Waals surface area contributed by atoms with Gasteiger partial charge in [0.2, 0.25) is 0 Å². The summed E-state index contributed by atoms with van der Waals surface area (Å²) in [6.45, 7) is 1.55. The minimum Gasteiger partial charge on any atom is -0.227 e. The van der Waals surface area contributed by atoms with E-state index in [0.29, 0.717) is 5.56 Å². The summed E-state index contributed by atoms with van der Waals surface area (Å²) in [7, 11) is -2.64. The molecule has 0 saturated carbocycles. The van der Waals surface area contributed by atoms with Gasteiger partial charge in [-0.2, -0.15) is 0 Å². The molecule has 0 aliphatic heterocycles. The Hall–Kier alpha value is -0.420. The van der Waals surface area contributed by atoms with Crippen LogP contribution in [0.3, 0.4) is 0 Å². The Labute approximate surface area is 79.5 Å². The zero-order valence-corrected chi connectivity index (χ0v) is 8.65. The number of halogens is 2. The van der Waals surface area contributed by atoms with Crippen LogP contribution in [0.5, 0.6) is 0 Å². The van der Waals surface area contributed by atoms with Gasteiger partial charge in [-0.15, -0.1) is 0 Å². The molecule has 0 radical (unpaired) electrons. The molecule has 0 heterocycles. The number of thiol groups is 1. The summed E-state index contributed by atoms with van der Waals surface area (Å²) in [5.41, 5.74) is 0.423. The van der Waals surface area contributed by atoms with Gasteiger partial charge in [-0.3, -0.25) is 0 Å². The smallest absolute Gasteiger partial charge is 0.168 e. The summed E-state index contributed by atoms with van der Waals surface area (Å²) < 4.78 is 34.1. The van der Waals surface area contributed by atoms with Crippen LogP contribution in [0.25, 0.3) is 0 Å². The number of hydrogen-bond donors (Lipinski definition) is 1. The normalized spacial score (nSPS) is 10.7. The quantitative estimate of drug-likeness (QED) is 0.775. The van der Waals surface area contributed by atoms with E-state index in [2.05, 4.69) is 15.9 Å². The van der Waals surface area contributed by atoms with E-state index < -0.39 is 16.5 Å². The van der Waals surface area contributed by atoms with Gasteiger partial charge in [0.15, 0.2) is 10.7 Å². The molecule has 0 amide bonds. The van der Waals surface area contributed by atoms with Gasteiger partial charge in [-0.05, 0) is 40.5 Å². The van der Waals surface area contributed by atoms with E-state index in [9.17, 15) is 12.8 Å². The highest BCUT2D eigenvalue weighted by molar-refractivity contribution is 9.10. The fraction of sp³-hybridized carbons (Fsp3) is 0.143. The summed E-state index contributed by atoms with van der Waals surface area (Å²) in [6.07, 6.45) is 0. The molecule has 0 bridgehead atoms. The SMILES string of the molecule is Cc1cc(F)c(Br)cc1[SH](=O)=O. The first kappa shape index (κ1) is 9.67. The Balaban J connectivity index is 3.43. The zero-order valence-electron chi connectivity index (χ0n) is 6.17. The maximum atomic E-state index is 12.8.